The monoisotopic (exact) mass is 208 g/mol. The molecule has 0 radical (unpaired) electrons. The molecule has 74 valence electrons. The van der Waals surface area contributed by atoms with Crippen LogP contribution in [0.2, 0.25) is 0 Å². The van der Waals surface area contributed by atoms with E-state index >= 15 is 0 Å². The Hall–Kier alpha value is -0.960. The SMILES string of the molecule is O=C1OCC(CS)C1c1ccccc1. The summed E-state index contributed by atoms with van der Waals surface area (Å²) in [7, 11) is 0. The molecule has 0 N–H and O–H groups in total. The topological polar surface area (TPSA) is 26.3 Å². The van der Waals surface area contributed by atoms with Crippen LogP contribution in [0.4, 0.5) is 0 Å². The number of carbonyl (C=O) groups excluding carboxylic acids is 1. The Balaban J connectivity index is 2.28. The average molecular weight is 208 g/mol. The van der Waals surface area contributed by atoms with Gasteiger partial charge in [0.05, 0.1) is 12.5 Å². The van der Waals surface area contributed by atoms with Crippen LogP contribution in [0.5, 0.6) is 0 Å². The first kappa shape index (κ1) is 9.59. The Kier molecular flexibility index (Phi) is 2.77. The lowest BCUT2D eigenvalue weighted by Crippen LogP contribution is -2.14. The van der Waals surface area contributed by atoms with Gasteiger partial charge in [0.25, 0.3) is 0 Å². The number of carbonyl (C=O) groups is 1. The summed E-state index contributed by atoms with van der Waals surface area (Å²) in [4.78, 5) is 11.5. The van der Waals surface area contributed by atoms with E-state index in [0.717, 1.165) is 5.56 Å². The summed E-state index contributed by atoms with van der Waals surface area (Å²) in [5.41, 5.74) is 1.04. The van der Waals surface area contributed by atoms with E-state index in [9.17, 15) is 4.79 Å². The van der Waals surface area contributed by atoms with Crippen molar-refractivity contribution in [2.45, 2.75) is 5.92 Å². The number of thiol groups is 1. The molecule has 2 unspecified atom stereocenters. The van der Waals surface area contributed by atoms with Gasteiger partial charge < -0.3 is 4.74 Å². The van der Waals surface area contributed by atoms with Crippen LogP contribution in [0.25, 0.3) is 0 Å². The maximum atomic E-state index is 11.5. The molecule has 2 rings (SSSR count). The summed E-state index contributed by atoms with van der Waals surface area (Å²) in [5.74, 6) is 0.669. The quantitative estimate of drug-likeness (QED) is 0.593. The van der Waals surface area contributed by atoms with E-state index in [-0.39, 0.29) is 17.8 Å². The highest BCUT2D eigenvalue weighted by molar-refractivity contribution is 7.80. The van der Waals surface area contributed by atoms with Crippen molar-refractivity contribution < 1.29 is 9.53 Å². The number of cyclic esters (lactones) is 1. The van der Waals surface area contributed by atoms with Gasteiger partial charge in [-0.1, -0.05) is 30.3 Å². The summed E-state index contributed by atoms with van der Waals surface area (Å²) in [6.07, 6.45) is 0. The van der Waals surface area contributed by atoms with Gasteiger partial charge in [0.1, 0.15) is 0 Å². The van der Waals surface area contributed by atoms with E-state index < -0.39 is 0 Å². The van der Waals surface area contributed by atoms with Gasteiger partial charge in [-0.25, -0.2) is 0 Å². The highest BCUT2D eigenvalue weighted by Crippen LogP contribution is 2.32. The van der Waals surface area contributed by atoms with Crippen LogP contribution < -0.4 is 0 Å². The minimum Gasteiger partial charge on any atom is -0.465 e. The van der Waals surface area contributed by atoms with Crippen molar-refractivity contribution in [2.75, 3.05) is 12.4 Å². The van der Waals surface area contributed by atoms with E-state index in [1.807, 2.05) is 30.3 Å². The molecule has 2 nitrogen and oxygen atoms in total. The zero-order valence-electron chi connectivity index (χ0n) is 7.72. The normalized spacial score (nSPS) is 26.2. The second-order valence-corrected chi connectivity index (χ2v) is 3.83. The Morgan fingerprint density at radius 3 is 2.71 bits per heavy atom. The number of esters is 1. The fourth-order valence-electron chi connectivity index (χ4n) is 1.79. The molecule has 14 heavy (non-hydrogen) atoms. The molecule has 2 atom stereocenters. The standard InChI is InChI=1S/C11H12O2S/c12-11-10(9(7-14)6-13-11)8-4-2-1-3-5-8/h1-5,9-10,14H,6-7H2. The minimum absolute atomic E-state index is 0.116. The first-order valence-electron chi connectivity index (χ1n) is 4.65. The first-order chi connectivity index (χ1) is 6.83. The first-order valence-corrected chi connectivity index (χ1v) is 5.28. The molecule has 1 aliphatic heterocycles. The van der Waals surface area contributed by atoms with Crippen LogP contribution in [0.15, 0.2) is 30.3 Å². The molecule has 0 amide bonds. The predicted molar refractivity (Wildman–Crippen MR) is 57.5 cm³/mol. The van der Waals surface area contributed by atoms with Gasteiger partial charge in [0.15, 0.2) is 0 Å². The van der Waals surface area contributed by atoms with Gasteiger partial charge in [-0.15, -0.1) is 0 Å². The fraction of sp³-hybridized carbons (Fsp3) is 0.364. The van der Waals surface area contributed by atoms with Crippen molar-refractivity contribution in [2.24, 2.45) is 5.92 Å². The van der Waals surface area contributed by atoms with Crippen LogP contribution in [0.1, 0.15) is 11.5 Å². The van der Waals surface area contributed by atoms with Crippen molar-refractivity contribution in [3.8, 4) is 0 Å². The summed E-state index contributed by atoms with van der Waals surface area (Å²) in [6, 6.07) is 9.76. The number of rotatable bonds is 2. The van der Waals surface area contributed by atoms with Crippen LogP contribution in [0.3, 0.4) is 0 Å². The zero-order valence-corrected chi connectivity index (χ0v) is 8.61. The highest BCUT2D eigenvalue weighted by Gasteiger charge is 2.36. The van der Waals surface area contributed by atoms with Gasteiger partial charge in [-0.05, 0) is 11.3 Å². The van der Waals surface area contributed by atoms with Crippen molar-refractivity contribution in [3.63, 3.8) is 0 Å². The van der Waals surface area contributed by atoms with Crippen molar-refractivity contribution in [1.82, 2.24) is 0 Å². The predicted octanol–water partition coefficient (Wildman–Crippen LogP) is 1.87. The molecule has 0 spiro atoms. The molecule has 0 bridgehead atoms. The van der Waals surface area contributed by atoms with E-state index in [2.05, 4.69) is 12.6 Å². The third kappa shape index (κ3) is 1.64. The summed E-state index contributed by atoms with van der Waals surface area (Å²) >= 11 is 4.23. The smallest absolute Gasteiger partial charge is 0.313 e. The molecule has 0 aliphatic carbocycles. The zero-order chi connectivity index (χ0) is 9.97. The Morgan fingerprint density at radius 1 is 1.36 bits per heavy atom. The molecule has 1 saturated heterocycles. The second kappa shape index (κ2) is 4.05. The van der Waals surface area contributed by atoms with Crippen LogP contribution in [-0.4, -0.2) is 18.3 Å². The van der Waals surface area contributed by atoms with Gasteiger partial charge in [-0.3, -0.25) is 4.79 Å². The molecule has 1 aromatic carbocycles. The summed E-state index contributed by atoms with van der Waals surface area (Å²) < 4.78 is 5.04. The number of ether oxygens (including phenoxy) is 1. The Bertz CT molecular complexity index is 323. The van der Waals surface area contributed by atoms with E-state index in [4.69, 9.17) is 4.74 Å². The number of hydrogen-bond acceptors (Lipinski definition) is 3. The third-order valence-electron chi connectivity index (χ3n) is 2.56. The van der Waals surface area contributed by atoms with E-state index in [1.54, 1.807) is 0 Å². The maximum Gasteiger partial charge on any atom is 0.313 e. The second-order valence-electron chi connectivity index (χ2n) is 3.46. The summed E-state index contributed by atoms with van der Waals surface area (Å²) in [6.45, 7) is 0.502. The molecule has 1 heterocycles. The maximum absolute atomic E-state index is 11.5. The minimum atomic E-state index is -0.117. The van der Waals surface area contributed by atoms with Gasteiger partial charge in [0.2, 0.25) is 0 Å². The highest BCUT2D eigenvalue weighted by atomic mass is 32.1. The molecule has 0 aromatic heterocycles. The molecule has 1 aliphatic rings. The number of benzene rings is 1. The lowest BCUT2D eigenvalue weighted by molar-refractivity contribution is -0.139. The summed E-state index contributed by atoms with van der Waals surface area (Å²) in [5, 5.41) is 0. The molecule has 1 fully saturated rings. The molecular formula is C11H12O2S. The van der Waals surface area contributed by atoms with E-state index in [0.29, 0.717) is 12.4 Å². The lowest BCUT2D eigenvalue weighted by atomic mass is 9.90. The molecule has 3 heteroatoms. The average Bonchev–Trinajstić information content (AvgIpc) is 2.61. The van der Waals surface area contributed by atoms with Gasteiger partial charge in [0, 0.05) is 5.92 Å². The van der Waals surface area contributed by atoms with Crippen molar-refractivity contribution >= 4 is 18.6 Å². The number of hydrogen-bond donors (Lipinski definition) is 1. The molecule has 1 aromatic rings. The Morgan fingerprint density at radius 2 is 2.07 bits per heavy atom. The van der Waals surface area contributed by atoms with Crippen LogP contribution >= 0.6 is 12.6 Å². The Labute approximate surface area is 88.7 Å². The van der Waals surface area contributed by atoms with Crippen LogP contribution in [0, 0.1) is 5.92 Å². The van der Waals surface area contributed by atoms with Gasteiger partial charge in [-0.2, -0.15) is 12.6 Å². The van der Waals surface area contributed by atoms with Gasteiger partial charge >= 0.3 is 5.97 Å². The molecular weight excluding hydrogens is 196 g/mol. The third-order valence-corrected chi connectivity index (χ3v) is 3.03. The van der Waals surface area contributed by atoms with Crippen molar-refractivity contribution in [3.05, 3.63) is 35.9 Å². The lowest BCUT2D eigenvalue weighted by Gasteiger charge is -2.12. The van der Waals surface area contributed by atoms with E-state index in [1.165, 1.54) is 0 Å². The largest absolute Gasteiger partial charge is 0.465 e. The fourth-order valence-corrected chi connectivity index (χ4v) is 2.11. The van der Waals surface area contributed by atoms with Crippen molar-refractivity contribution in [1.29, 1.82) is 0 Å². The van der Waals surface area contributed by atoms with Crippen LogP contribution in [-0.2, 0) is 9.53 Å². The molecule has 0 saturated carbocycles.